The first-order chi connectivity index (χ1) is 25.0. The Bertz CT molecular complexity index is 2220. The molecule has 4 heterocycles. The van der Waals surface area contributed by atoms with E-state index in [1.54, 1.807) is 67.1 Å². The molecule has 0 saturated carbocycles. The van der Waals surface area contributed by atoms with Gasteiger partial charge in [0.25, 0.3) is 0 Å². The summed E-state index contributed by atoms with van der Waals surface area (Å²) in [6.07, 6.45) is 2.53. The zero-order chi connectivity index (χ0) is 38.8. The van der Waals surface area contributed by atoms with Gasteiger partial charge in [0.1, 0.15) is 11.5 Å². The summed E-state index contributed by atoms with van der Waals surface area (Å²) >= 11 is 3.09. The lowest BCUT2D eigenvalue weighted by molar-refractivity contribution is -0.275. The van der Waals surface area contributed by atoms with Gasteiger partial charge < -0.3 is 9.47 Å². The van der Waals surface area contributed by atoms with Gasteiger partial charge in [0.2, 0.25) is 5.82 Å². The fourth-order valence-electron chi connectivity index (χ4n) is 4.52. The summed E-state index contributed by atoms with van der Waals surface area (Å²) in [5.74, 6) is 8.24. The van der Waals surface area contributed by atoms with Gasteiger partial charge in [-0.2, -0.15) is 10.2 Å². The van der Waals surface area contributed by atoms with Crippen molar-refractivity contribution in [1.82, 2.24) is 39.5 Å². The molecule has 0 aliphatic heterocycles. The molecule has 0 fully saturated rings. The van der Waals surface area contributed by atoms with Gasteiger partial charge in [-0.05, 0) is 110 Å². The fourth-order valence-corrected chi connectivity index (χ4v) is 4.76. The number of nitrogens with zero attached hydrogens (tertiary/aromatic N) is 8. The van der Waals surface area contributed by atoms with Crippen LogP contribution in [-0.4, -0.2) is 52.2 Å². The van der Waals surface area contributed by atoms with Gasteiger partial charge in [0, 0.05) is 24.8 Å². The third-order valence-corrected chi connectivity index (χ3v) is 7.17. The second-order valence-corrected chi connectivity index (χ2v) is 11.2. The zero-order valence-electron chi connectivity index (χ0n) is 28.2. The third-order valence-electron chi connectivity index (χ3n) is 6.76. The summed E-state index contributed by atoms with van der Waals surface area (Å²) in [7, 11) is 0. The lowest BCUT2D eigenvalue weighted by Gasteiger charge is -2.10. The van der Waals surface area contributed by atoms with E-state index in [0.29, 0.717) is 44.4 Å². The summed E-state index contributed by atoms with van der Waals surface area (Å²) in [5, 5.41) is 8.67. The third kappa shape index (κ3) is 11.7. The SMILES string of the molecule is Brc1ncccn1.C#Cc1c(C)nn(-c2ccc(OC(F)(F)F)cc2)c1C.Cc1nn(-c2ccc(OC(F)(F)F)cc2)c(C)c1C#Cc1ncccn1. The summed E-state index contributed by atoms with van der Waals surface area (Å²) in [6, 6.07) is 14.4. The zero-order valence-corrected chi connectivity index (χ0v) is 29.8. The van der Waals surface area contributed by atoms with Crippen molar-refractivity contribution in [3.8, 4) is 47.1 Å². The van der Waals surface area contributed by atoms with E-state index in [4.69, 9.17) is 6.42 Å². The number of ether oxygens (including phenoxy) is 2. The van der Waals surface area contributed by atoms with E-state index in [2.05, 4.69) is 73.3 Å². The van der Waals surface area contributed by atoms with E-state index in [-0.39, 0.29) is 11.5 Å². The minimum absolute atomic E-state index is 0.278. The quantitative estimate of drug-likeness (QED) is 0.100. The van der Waals surface area contributed by atoms with Crippen LogP contribution >= 0.6 is 15.9 Å². The Morgan fingerprint density at radius 2 is 1.00 bits per heavy atom. The Morgan fingerprint density at radius 3 is 1.36 bits per heavy atom. The molecule has 0 radical (unpaired) electrons. The molecule has 0 atom stereocenters. The molecule has 0 aliphatic rings. The van der Waals surface area contributed by atoms with E-state index in [1.165, 1.54) is 48.5 Å². The molecule has 0 aliphatic carbocycles. The Labute approximate surface area is 308 Å². The van der Waals surface area contributed by atoms with Crippen molar-refractivity contribution in [3.63, 3.8) is 0 Å². The van der Waals surface area contributed by atoms with Crippen molar-refractivity contribution < 1.29 is 35.8 Å². The number of alkyl halides is 6. The first kappa shape index (κ1) is 39.6. The predicted octanol–water partition coefficient (Wildman–Crippen LogP) is 8.19. The highest BCUT2D eigenvalue weighted by Crippen LogP contribution is 2.26. The van der Waals surface area contributed by atoms with Crippen LogP contribution in [0, 0.1) is 51.9 Å². The van der Waals surface area contributed by atoms with E-state index >= 15 is 0 Å². The van der Waals surface area contributed by atoms with Crippen LogP contribution in [0.4, 0.5) is 26.3 Å². The lowest BCUT2D eigenvalue weighted by atomic mass is 10.2. The number of rotatable bonds is 4. The predicted molar refractivity (Wildman–Crippen MR) is 185 cm³/mol. The molecule has 0 unspecified atom stereocenters. The topological polar surface area (TPSA) is 106 Å². The maximum atomic E-state index is 12.2. The molecular formula is C36H27BrF6N8O2. The summed E-state index contributed by atoms with van der Waals surface area (Å²) in [6.45, 7) is 7.21. The number of aromatic nitrogens is 8. The van der Waals surface area contributed by atoms with Gasteiger partial charge in [-0.25, -0.2) is 29.3 Å². The van der Waals surface area contributed by atoms with Crippen LogP contribution in [0.1, 0.15) is 39.7 Å². The molecule has 0 saturated heterocycles. The van der Waals surface area contributed by atoms with Crippen molar-refractivity contribution in [1.29, 1.82) is 0 Å². The monoisotopic (exact) mass is 796 g/mol. The molecular weight excluding hydrogens is 770 g/mol. The Morgan fingerprint density at radius 1 is 0.604 bits per heavy atom. The maximum absolute atomic E-state index is 12.2. The van der Waals surface area contributed by atoms with Crippen molar-refractivity contribution in [2.45, 2.75) is 40.4 Å². The molecule has 0 N–H and O–H groups in total. The number of hydrogen-bond acceptors (Lipinski definition) is 8. The van der Waals surface area contributed by atoms with E-state index in [9.17, 15) is 26.3 Å². The van der Waals surface area contributed by atoms with Crippen molar-refractivity contribution >= 4 is 15.9 Å². The molecule has 4 aromatic heterocycles. The first-order valence-electron chi connectivity index (χ1n) is 15.1. The van der Waals surface area contributed by atoms with Gasteiger partial charge in [-0.15, -0.1) is 32.8 Å². The summed E-state index contributed by atoms with van der Waals surface area (Å²) in [4.78, 5) is 15.6. The fraction of sp³-hybridized carbons (Fsp3) is 0.167. The second kappa shape index (κ2) is 17.3. The van der Waals surface area contributed by atoms with Gasteiger partial charge in [-0.3, -0.25) is 0 Å². The number of hydrogen-bond donors (Lipinski definition) is 0. The standard InChI is InChI=1S/C18H13F3N4O.C14H11F3N2O.C4H3BrN2/c1-12-16(8-9-17-22-10-3-11-23-17)13(2)25(24-12)14-4-6-15(7-5-14)26-18(19,20)21;1-4-13-9(2)18-19(10(13)3)11-5-7-12(8-6-11)20-14(15,16)17;5-4-6-2-1-3-7-4/h3-7,10-11H,1-2H3;1,5-8H,2-3H3;1-3H. The smallest absolute Gasteiger partial charge is 0.406 e. The first-order valence-corrected chi connectivity index (χ1v) is 15.9. The highest BCUT2D eigenvalue weighted by atomic mass is 79.9. The Hall–Kier alpha value is -6.20. The maximum Gasteiger partial charge on any atom is 0.573 e. The largest absolute Gasteiger partial charge is 0.573 e. The number of aryl methyl sites for hydroxylation is 2. The number of terminal acetylenes is 1. The molecule has 53 heavy (non-hydrogen) atoms. The highest BCUT2D eigenvalue weighted by Gasteiger charge is 2.31. The highest BCUT2D eigenvalue weighted by molar-refractivity contribution is 9.10. The number of benzene rings is 2. The summed E-state index contributed by atoms with van der Waals surface area (Å²) in [5.41, 5.74) is 5.52. The molecule has 6 aromatic rings. The van der Waals surface area contributed by atoms with Gasteiger partial charge in [0.05, 0.1) is 45.3 Å². The van der Waals surface area contributed by atoms with Gasteiger partial charge in [-0.1, -0.05) is 11.8 Å². The van der Waals surface area contributed by atoms with Crippen molar-refractivity contribution in [3.05, 3.63) is 130 Å². The van der Waals surface area contributed by atoms with E-state index < -0.39 is 12.7 Å². The normalized spacial score (nSPS) is 10.8. The molecule has 0 bridgehead atoms. The van der Waals surface area contributed by atoms with Crippen LogP contribution in [0.5, 0.6) is 11.5 Å². The molecule has 17 heteroatoms. The number of halogens is 7. The van der Waals surface area contributed by atoms with Crippen molar-refractivity contribution in [2.75, 3.05) is 0 Å². The molecule has 10 nitrogen and oxygen atoms in total. The van der Waals surface area contributed by atoms with Crippen molar-refractivity contribution in [2.24, 2.45) is 0 Å². The minimum Gasteiger partial charge on any atom is -0.406 e. The lowest BCUT2D eigenvalue weighted by Crippen LogP contribution is -2.17. The van der Waals surface area contributed by atoms with Gasteiger partial charge in [0.15, 0.2) is 4.73 Å². The second-order valence-electron chi connectivity index (χ2n) is 10.5. The van der Waals surface area contributed by atoms with Gasteiger partial charge >= 0.3 is 12.7 Å². The van der Waals surface area contributed by atoms with Crippen LogP contribution in [0.25, 0.3) is 11.4 Å². The molecule has 6 rings (SSSR count). The molecule has 0 spiro atoms. The summed E-state index contributed by atoms with van der Waals surface area (Å²) < 4.78 is 84.5. The van der Waals surface area contributed by atoms with E-state index in [1.807, 2.05) is 6.92 Å². The molecule has 272 valence electrons. The molecule has 0 amide bonds. The van der Waals surface area contributed by atoms with Crippen LogP contribution in [-0.2, 0) is 0 Å². The average molecular weight is 798 g/mol. The average Bonchev–Trinajstić information content (AvgIpc) is 3.56. The van der Waals surface area contributed by atoms with Crippen LogP contribution < -0.4 is 9.47 Å². The molecule has 2 aromatic carbocycles. The van der Waals surface area contributed by atoms with Crippen LogP contribution in [0.3, 0.4) is 0 Å². The Kier molecular flexibility index (Phi) is 13.0. The minimum atomic E-state index is -4.72. The van der Waals surface area contributed by atoms with Crippen LogP contribution in [0.15, 0.2) is 90.2 Å². The Balaban J connectivity index is 0.000000204. The van der Waals surface area contributed by atoms with E-state index in [0.717, 1.165) is 11.4 Å². The van der Waals surface area contributed by atoms with Crippen LogP contribution in [0.2, 0.25) is 0 Å².